The molecule has 4 nitrogen and oxygen atoms in total. The van der Waals surface area contributed by atoms with Crippen LogP contribution in [0, 0.1) is 0 Å². The predicted octanol–water partition coefficient (Wildman–Crippen LogP) is 3.41. The molecule has 0 aliphatic heterocycles. The highest BCUT2D eigenvalue weighted by molar-refractivity contribution is 5.79. The summed E-state index contributed by atoms with van der Waals surface area (Å²) in [5.74, 6) is 0. The van der Waals surface area contributed by atoms with E-state index in [0.29, 0.717) is 0 Å². The number of aromatic nitrogens is 3. The van der Waals surface area contributed by atoms with Crippen LogP contribution in [-0.2, 0) is 0 Å². The van der Waals surface area contributed by atoms with Gasteiger partial charge in [-0.3, -0.25) is 0 Å². The Labute approximate surface area is 105 Å². The maximum absolute atomic E-state index is 5.39. The van der Waals surface area contributed by atoms with Gasteiger partial charge in [-0.1, -0.05) is 30.6 Å². The summed E-state index contributed by atoms with van der Waals surface area (Å²) >= 11 is 0. The lowest BCUT2D eigenvalue weighted by Crippen LogP contribution is -2.09. The molecule has 1 unspecified atom stereocenters. The number of para-hydroxylation sites is 1. The SMILES string of the molecule is CCCC(c1noc2ccccc12)n1ccnc1. The zero-order valence-electron chi connectivity index (χ0n) is 10.3. The fourth-order valence-electron chi connectivity index (χ4n) is 2.30. The van der Waals surface area contributed by atoms with Gasteiger partial charge in [0.25, 0.3) is 0 Å². The summed E-state index contributed by atoms with van der Waals surface area (Å²) in [6.45, 7) is 2.17. The van der Waals surface area contributed by atoms with E-state index < -0.39 is 0 Å². The van der Waals surface area contributed by atoms with Crippen LogP contribution in [0.4, 0.5) is 0 Å². The lowest BCUT2D eigenvalue weighted by Gasteiger charge is -2.15. The number of nitrogens with zero attached hydrogens (tertiary/aromatic N) is 3. The first kappa shape index (κ1) is 11.0. The molecule has 3 rings (SSSR count). The highest BCUT2D eigenvalue weighted by Crippen LogP contribution is 2.29. The Morgan fingerprint density at radius 1 is 1.33 bits per heavy atom. The standard InChI is InChI=1S/C14H15N3O/c1-2-5-12(17-9-8-15-10-17)14-11-6-3-4-7-13(11)18-16-14/h3-4,6-10,12H,2,5H2,1H3. The number of hydrogen-bond acceptors (Lipinski definition) is 3. The fourth-order valence-corrected chi connectivity index (χ4v) is 2.30. The summed E-state index contributed by atoms with van der Waals surface area (Å²) in [6.07, 6.45) is 7.72. The molecule has 2 aromatic heterocycles. The molecular weight excluding hydrogens is 226 g/mol. The first-order chi connectivity index (χ1) is 8.90. The normalized spacial score (nSPS) is 12.9. The Kier molecular flexibility index (Phi) is 2.84. The monoisotopic (exact) mass is 241 g/mol. The highest BCUT2D eigenvalue weighted by atomic mass is 16.5. The van der Waals surface area contributed by atoms with Crippen LogP contribution in [0.1, 0.15) is 31.5 Å². The molecule has 18 heavy (non-hydrogen) atoms. The third kappa shape index (κ3) is 1.79. The van der Waals surface area contributed by atoms with Crippen molar-refractivity contribution in [3.05, 3.63) is 48.7 Å². The van der Waals surface area contributed by atoms with Gasteiger partial charge >= 0.3 is 0 Å². The Morgan fingerprint density at radius 2 is 2.22 bits per heavy atom. The molecule has 92 valence electrons. The van der Waals surface area contributed by atoms with Crippen molar-refractivity contribution in [2.24, 2.45) is 0 Å². The maximum atomic E-state index is 5.39. The third-order valence-electron chi connectivity index (χ3n) is 3.17. The van der Waals surface area contributed by atoms with E-state index in [1.165, 1.54) is 0 Å². The van der Waals surface area contributed by atoms with Crippen LogP contribution in [0.25, 0.3) is 11.0 Å². The van der Waals surface area contributed by atoms with E-state index in [0.717, 1.165) is 29.5 Å². The van der Waals surface area contributed by atoms with Crippen molar-refractivity contribution >= 4 is 11.0 Å². The number of fused-ring (bicyclic) bond motifs is 1. The van der Waals surface area contributed by atoms with Gasteiger partial charge < -0.3 is 9.09 Å². The summed E-state index contributed by atoms with van der Waals surface area (Å²) in [5.41, 5.74) is 1.83. The van der Waals surface area contributed by atoms with Crippen molar-refractivity contribution in [1.29, 1.82) is 0 Å². The van der Waals surface area contributed by atoms with E-state index in [1.54, 1.807) is 6.20 Å². The average molecular weight is 241 g/mol. The molecule has 1 aromatic carbocycles. The molecule has 0 saturated heterocycles. The van der Waals surface area contributed by atoms with Gasteiger partial charge in [-0.25, -0.2) is 4.98 Å². The van der Waals surface area contributed by atoms with Crippen molar-refractivity contribution in [1.82, 2.24) is 14.7 Å². The Balaban J connectivity index is 2.10. The lowest BCUT2D eigenvalue weighted by molar-refractivity contribution is 0.418. The smallest absolute Gasteiger partial charge is 0.167 e. The second-order valence-corrected chi connectivity index (χ2v) is 4.38. The first-order valence-corrected chi connectivity index (χ1v) is 6.22. The van der Waals surface area contributed by atoms with Crippen LogP contribution in [0.3, 0.4) is 0 Å². The Morgan fingerprint density at radius 3 is 3.00 bits per heavy atom. The second-order valence-electron chi connectivity index (χ2n) is 4.38. The van der Waals surface area contributed by atoms with E-state index in [-0.39, 0.29) is 6.04 Å². The van der Waals surface area contributed by atoms with Crippen LogP contribution in [-0.4, -0.2) is 14.7 Å². The Hall–Kier alpha value is -2.10. The van der Waals surface area contributed by atoms with E-state index >= 15 is 0 Å². The van der Waals surface area contributed by atoms with Gasteiger partial charge in [0.1, 0.15) is 5.69 Å². The van der Waals surface area contributed by atoms with Crippen LogP contribution >= 0.6 is 0 Å². The molecule has 2 heterocycles. The molecule has 0 amide bonds. The van der Waals surface area contributed by atoms with Crippen molar-refractivity contribution in [3.63, 3.8) is 0 Å². The molecule has 0 N–H and O–H groups in total. The Bertz CT molecular complexity index is 627. The van der Waals surface area contributed by atoms with Gasteiger partial charge in [-0.05, 0) is 18.6 Å². The molecule has 0 spiro atoms. The average Bonchev–Trinajstić information content (AvgIpc) is 3.06. The molecule has 4 heteroatoms. The summed E-state index contributed by atoms with van der Waals surface area (Å²) < 4.78 is 7.48. The van der Waals surface area contributed by atoms with Gasteiger partial charge in [0.15, 0.2) is 5.58 Å². The van der Waals surface area contributed by atoms with Gasteiger partial charge in [-0.2, -0.15) is 0 Å². The summed E-state index contributed by atoms with van der Waals surface area (Å²) in [5, 5.41) is 5.33. The topological polar surface area (TPSA) is 43.9 Å². The van der Waals surface area contributed by atoms with Crippen LogP contribution in [0.5, 0.6) is 0 Å². The molecule has 0 bridgehead atoms. The van der Waals surface area contributed by atoms with E-state index in [4.69, 9.17) is 4.52 Å². The van der Waals surface area contributed by atoms with Gasteiger partial charge in [0, 0.05) is 17.8 Å². The van der Waals surface area contributed by atoms with Gasteiger partial charge in [0.05, 0.1) is 12.4 Å². The predicted molar refractivity (Wildman–Crippen MR) is 69.3 cm³/mol. The summed E-state index contributed by atoms with van der Waals surface area (Å²) in [4.78, 5) is 4.12. The zero-order valence-corrected chi connectivity index (χ0v) is 10.3. The molecule has 0 aliphatic rings. The molecule has 0 fully saturated rings. The zero-order chi connectivity index (χ0) is 12.4. The van der Waals surface area contributed by atoms with E-state index in [1.807, 2.05) is 30.7 Å². The quantitative estimate of drug-likeness (QED) is 0.703. The summed E-state index contributed by atoms with van der Waals surface area (Å²) in [7, 11) is 0. The lowest BCUT2D eigenvalue weighted by atomic mass is 10.0. The van der Waals surface area contributed by atoms with Crippen molar-refractivity contribution in [2.75, 3.05) is 0 Å². The number of rotatable bonds is 4. The summed E-state index contributed by atoms with van der Waals surface area (Å²) in [6, 6.07) is 8.17. The fraction of sp³-hybridized carbons (Fsp3) is 0.286. The van der Waals surface area contributed by atoms with E-state index in [2.05, 4.69) is 27.7 Å². The number of benzene rings is 1. The minimum Gasteiger partial charge on any atom is -0.356 e. The largest absolute Gasteiger partial charge is 0.356 e. The van der Waals surface area contributed by atoms with Crippen LogP contribution in [0.15, 0.2) is 47.5 Å². The molecular formula is C14H15N3O. The third-order valence-corrected chi connectivity index (χ3v) is 3.17. The maximum Gasteiger partial charge on any atom is 0.167 e. The first-order valence-electron chi connectivity index (χ1n) is 6.22. The molecule has 0 saturated carbocycles. The van der Waals surface area contributed by atoms with Gasteiger partial charge in [0.2, 0.25) is 0 Å². The highest BCUT2D eigenvalue weighted by Gasteiger charge is 2.19. The van der Waals surface area contributed by atoms with Crippen molar-refractivity contribution in [2.45, 2.75) is 25.8 Å². The number of hydrogen-bond donors (Lipinski definition) is 0. The molecule has 0 aliphatic carbocycles. The second kappa shape index (κ2) is 4.64. The minimum atomic E-state index is 0.196. The van der Waals surface area contributed by atoms with Crippen molar-refractivity contribution < 1.29 is 4.52 Å². The molecule has 0 radical (unpaired) electrons. The minimum absolute atomic E-state index is 0.196. The van der Waals surface area contributed by atoms with Gasteiger partial charge in [-0.15, -0.1) is 0 Å². The molecule has 3 aromatic rings. The van der Waals surface area contributed by atoms with Crippen molar-refractivity contribution in [3.8, 4) is 0 Å². The van der Waals surface area contributed by atoms with Crippen LogP contribution in [0.2, 0.25) is 0 Å². The van der Waals surface area contributed by atoms with E-state index in [9.17, 15) is 0 Å². The molecule has 1 atom stereocenters. The number of imidazole rings is 1. The van der Waals surface area contributed by atoms with Crippen LogP contribution < -0.4 is 0 Å².